The summed E-state index contributed by atoms with van der Waals surface area (Å²) in [5.74, 6) is 0.456. The first-order chi connectivity index (χ1) is 6.79. The zero-order chi connectivity index (χ0) is 9.97. The van der Waals surface area contributed by atoms with Crippen molar-refractivity contribution in [3.8, 4) is 0 Å². The Morgan fingerprint density at radius 3 is 2.64 bits per heavy atom. The van der Waals surface area contributed by atoms with Crippen LogP contribution in [-0.2, 0) is 0 Å². The lowest BCUT2D eigenvalue weighted by molar-refractivity contribution is 0.247. The summed E-state index contributed by atoms with van der Waals surface area (Å²) in [6.07, 6.45) is 3.42. The molecule has 0 bridgehead atoms. The Balaban J connectivity index is 2.21. The van der Waals surface area contributed by atoms with Crippen LogP contribution in [0.25, 0.3) is 0 Å². The standard InChI is InChI=1S/C7H12N6O/c8-6(14)13-7(9-10-11-13)12-4-2-1-3-5-12/h1-5H2,(H2,8,14). The van der Waals surface area contributed by atoms with Crippen molar-refractivity contribution in [2.75, 3.05) is 18.0 Å². The van der Waals surface area contributed by atoms with Gasteiger partial charge in [-0.2, -0.15) is 0 Å². The van der Waals surface area contributed by atoms with Crippen molar-refractivity contribution < 1.29 is 4.79 Å². The number of aromatic nitrogens is 4. The zero-order valence-electron chi connectivity index (χ0n) is 7.76. The summed E-state index contributed by atoms with van der Waals surface area (Å²) in [6.45, 7) is 1.77. The maximum Gasteiger partial charge on any atom is 0.344 e. The van der Waals surface area contributed by atoms with Crippen LogP contribution in [0.5, 0.6) is 0 Å². The topological polar surface area (TPSA) is 89.9 Å². The third-order valence-electron chi connectivity index (χ3n) is 2.30. The van der Waals surface area contributed by atoms with Crippen LogP contribution in [-0.4, -0.2) is 39.3 Å². The van der Waals surface area contributed by atoms with Gasteiger partial charge in [-0.3, -0.25) is 0 Å². The van der Waals surface area contributed by atoms with Gasteiger partial charge in [0.05, 0.1) is 0 Å². The predicted molar refractivity (Wildman–Crippen MR) is 48.9 cm³/mol. The number of rotatable bonds is 1. The van der Waals surface area contributed by atoms with Crippen LogP contribution < -0.4 is 10.6 Å². The van der Waals surface area contributed by atoms with E-state index in [0.29, 0.717) is 5.95 Å². The molecule has 14 heavy (non-hydrogen) atoms. The van der Waals surface area contributed by atoms with Gasteiger partial charge in [-0.05, 0) is 29.7 Å². The molecule has 1 aliphatic heterocycles. The highest BCUT2D eigenvalue weighted by Crippen LogP contribution is 2.15. The van der Waals surface area contributed by atoms with Gasteiger partial charge in [0.25, 0.3) is 5.95 Å². The molecule has 76 valence electrons. The van der Waals surface area contributed by atoms with Crippen molar-refractivity contribution in [3.05, 3.63) is 0 Å². The number of hydrogen-bond donors (Lipinski definition) is 1. The second kappa shape index (κ2) is 3.60. The van der Waals surface area contributed by atoms with Crippen molar-refractivity contribution in [2.45, 2.75) is 19.3 Å². The lowest BCUT2D eigenvalue weighted by Crippen LogP contribution is -2.34. The summed E-state index contributed by atoms with van der Waals surface area (Å²) in [5.41, 5.74) is 5.12. The van der Waals surface area contributed by atoms with E-state index in [2.05, 4.69) is 15.5 Å². The Morgan fingerprint density at radius 2 is 2.00 bits per heavy atom. The first-order valence-corrected chi connectivity index (χ1v) is 4.62. The number of piperidine rings is 1. The van der Waals surface area contributed by atoms with Gasteiger partial charge in [0.1, 0.15) is 0 Å². The zero-order valence-corrected chi connectivity index (χ0v) is 7.76. The van der Waals surface area contributed by atoms with Crippen LogP contribution in [0.1, 0.15) is 19.3 Å². The highest BCUT2D eigenvalue weighted by atomic mass is 16.2. The average molecular weight is 196 g/mol. The number of carbonyl (C=O) groups is 1. The third-order valence-corrected chi connectivity index (χ3v) is 2.30. The molecule has 0 aliphatic carbocycles. The molecule has 0 unspecified atom stereocenters. The average Bonchev–Trinajstić information content (AvgIpc) is 2.67. The first kappa shape index (κ1) is 8.92. The molecule has 1 aliphatic rings. The van der Waals surface area contributed by atoms with E-state index < -0.39 is 6.03 Å². The number of hydrogen-bond acceptors (Lipinski definition) is 5. The van der Waals surface area contributed by atoms with E-state index in [1.807, 2.05) is 4.90 Å². The minimum Gasteiger partial charge on any atom is -0.350 e. The monoisotopic (exact) mass is 196 g/mol. The lowest BCUT2D eigenvalue weighted by atomic mass is 10.1. The van der Waals surface area contributed by atoms with Crippen LogP contribution in [0, 0.1) is 0 Å². The molecule has 1 aromatic heterocycles. The molecule has 1 saturated heterocycles. The smallest absolute Gasteiger partial charge is 0.344 e. The fraction of sp³-hybridized carbons (Fsp3) is 0.714. The lowest BCUT2D eigenvalue weighted by Gasteiger charge is -2.25. The molecule has 1 amide bonds. The normalized spacial score (nSPS) is 17.0. The summed E-state index contributed by atoms with van der Waals surface area (Å²) >= 11 is 0. The van der Waals surface area contributed by atoms with Gasteiger partial charge < -0.3 is 10.6 Å². The first-order valence-electron chi connectivity index (χ1n) is 4.62. The van der Waals surface area contributed by atoms with E-state index >= 15 is 0 Å². The van der Waals surface area contributed by atoms with Gasteiger partial charge in [-0.15, -0.1) is 4.68 Å². The molecular formula is C7H12N6O. The van der Waals surface area contributed by atoms with Gasteiger partial charge in [-0.1, -0.05) is 5.10 Å². The van der Waals surface area contributed by atoms with Crippen molar-refractivity contribution in [3.63, 3.8) is 0 Å². The van der Waals surface area contributed by atoms with Crippen LogP contribution in [0.15, 0.2) is 0 Å². The number of carbonyl (C=O) groups excluding carboxylic acids is 1. The van der Waals surface area contributed by atoms with Crippen molar-refractivity contribution in [1.82, 2.24) is 20.2 Å². The van der Waals surface area contributed by atoms with E-state index in [0.717, 1.165) is 30.6 Å². The SMILES string of the molecule is NC(=O)n1nnnc1N1CCCCC1. The van der Waals surface area contributed by atoms with Crippen LogP contribution in [0.3, 0.4) is 0 Å². The molecule has 0 radical (unpaired) electrons. The number of anilines is 1. The summed E-state index contributed by atoms with van der Waals surface area (Å²) in [7, 11) is 0. The molecule has 2 rings (SSSR count). The molecule has 0 spiro atoms. The van der Waals surface area contributed by atoms with Crippen LogP contribution in [0.2, 0.25) is 0 Å². The summed E-state index contributed by atoms with van der Waals surface area (Å²) < 4.78 is 1.03. The number of primary amides is 1. The van der Waals surface area contributed by atoms with E-state index in [4.69, 9.17) is 5.73 Å². The highest BCUT2D eigenvalue weighted by molar-refractivity contribution is 5.76. The minimum absolute atomic E-state index is 0.456. The Labute approximate surface area is 80.9 Å². The maximum atomic E-state index is 10.9. The molecule has 1 fully saturated rings. The molecule has 0 aromatic carbocycles. The molecule has 2 N–H and O–H groups in total. The number of amides is 1. The molecular weight excluding hydrogens is 184 g/mol. The third kappa shape index (κ3) is 1.52. The Hall–Kier alpha value is -1.66. The Bertz CT molecular complexity index is 329. The molecule has 2 heterocycles. The number of nitrogens with two attached hydrogens (primary N) is 1. The summed E-state index contributed by atoms with van der Waals surface area (Å²) in [6, 6.07) is -0.643. The molecule has 0 atom stereocenters. The largest absolute Gasteiger partial charge is 0.350 e. The fourth-order valence-corrected chi connectivity index (χ4v) is 1.62. The highest BCUT2D eigenvalue weighted by Gasteiger charge is 2.19. The second-order valence-corrected chi connectivity index (χ2v) is 3.28. The summed E-state index contributed by atoms with van der Waals surface area (Å²) in [5, 5.41) is 10.8. The minimum atomic E-state index is -0.643. The van der Waals surface area contributed by atoms with E-state index in [1.165, 1.54) is 6.42 Å². The molecule has 0 saturated carbocycles. The van der Waals surface area contributed by atoms with E-state index in [9.17, 15) is 4.79 Å². The Morgan fingerprint density at radius 1 is 1.29 bits per heavy atom. The van der Waals surface area contributed by atoms with Gasteiger partial charge in [-0.25, -0.2) is 4.79 Å². The molecule has 7 heteroatoms. The fourth-order valence-electron chi connectivity index (χ4n) is 1.62. The number of tetrazole rings is 1. The number of nitrogens with zero attached hydrogens (tertiary/aromatic N) is 5. The quantitative estimate of drug-likeness (QED) is 0.616. The van der Waals surface area contributed by atoms with Gasteiger partial charge in [0.2, 0.25) is 0 Å². The van der Waals surface area contributed by atoms with Crippen LogP contribution >= 0.6 is 0 Å². The summed E-state index contributed by atoms with van der Waals surface area (Å²) in [4.78, 5) is 12.9. The van der Waals surface area contributed by atoms with E-state index in [-0.39, 0.29) is 0 Å². The molecule has 7 nitrogen and oxygen atoms in total. The van der Waals surface area contributed by atoms with Crippen molar-refractivity contribution in [1.29, 1.82) is 0 Å². The second-order valence-electron chi connectivity index (χ2n) is 3.28. The van der Waals surface area contributed by atoms with Crippen molar-refractivity contribution in [2.24, 2.45) is 5.73 Å². The Kier molecular flexibility index (Phi) is 2.30. The van der Waals surface area contributed by atoms with Gasteiger partial charge in [0.15, 0.2) is 0 Å². The molecule has 1 aromatic rings. The maximum absolute atomic E-state index is 10.9. The predicted octanol–water partition coefficient (Wildman–Crippen LogP) is -0.410. The van der Waals surface area contributed by atoms with Crippen molar-refractivity contribution >= 4 is 12.0 Å². The van der Waals surface area contributed by atoms with Gasteiger partial charge >= 0.3 is 6.03 Å². The van der Waals surface area contributed by atoms with Crippen LogP contribution in [0.4, 0.5) is 10.7 Å². The van der Waals surface area contributed by atoms with E-state index in [1.54, 1.807) is 0 Å². The van der Waals surface area contributed by atoms with Gasteiger partial charge in [0, 0.05) is 13.1 Å².